The second-order valence-electron chi connectivity index (χ2n) is 9.60. The first kappa shape index (κ1) is 27.6. The first-order valence-corrected chi connectivity index (χ1v) is 14.8. The highest BCUT2D eigenvalue weighted by molar-refractivity contribution is 7.88. The SMILES string of the molecule is O=c1c(NCCCCCCS(=O)(=O)N(ON2CCOCC2)C2CCCCC2)c(Nc2ccncc2)c1=O. The van der Waals surface area contributed by atoms with Gasteiger partial charge in [-0.15, -0.1) is 0 Å². The maximum absolute atomic E-state index is 13.2. The third-order valence-electron chi connectivity index (χ3n) is 6.80. The minimum Gasteiger partial charge on any atom is -0.380 e. The van der Waals surface area contributed by atoms with E-state index in [0.29, 0.717) is 50.6 Å². The summed E-state index contributed by atoms with van der Waals surface area (Å²) < 4.78 is 33.1. The molecule has 1 aliphatic heterocycles. The molecular formula is C25H37N5O6S. The van der Waals surface area contributed by atoms with E-state index >= 15 is 0 Å². The second kappa shape index (κ2) is 13.4. The lowest BCUT2D eigenvalue weighted by Crippen LogP contribution is -2.49. The molecule has 11 nitrogen and oxygen atoms in total. The van der Waals surface area contributed by atoms with Crippen LogP contribution in [-0.2, 0) is 19.7 Å². The molecule has 0 unspecified atom stereocenters. The molecule has 0 spiro atoms. The molecule has 2 heterocycles. The van der Waals surface area contributed by atoms with Gasteiger partial charge in [-0.05, 0) is 37.8 Å². The van der Waals surface area contributed by atoms with Crippen LogP contribution >= 0.6 is 0 Å². The van der Waals surface area contributed by atoms with E-state index in [4.69, 9.17) is 9.68 Å². The highest BCUT2D eigenvalue weighted by atomic mass is 32.2. The normalized spacial score (nSPS) is 17.9. The molecule has 1 aromatic heterocycles. The quantitative estimate of drug-likeness (QED) is 0.211. The molecule has 1 aliphatic carbocycles. The molecule has 37 heavy (non-hydrogen) atoms. The van der Waals surface area contributed by atoms with Crippen molar-refractivity contribution in [2.45, 2.75) is 63.8 Å². The summed E-state index contributed by atoms with van der Waals surface area (Å²) in [7, 11) is -3.56. The van der Waals surface area contributed by atoms with E-state index in [1.54, 1.807) is 29.6 Å². The molecule has 2 N–H and O–H groups in total. The number of hydrogen-bond acceptors (Lipinski definition) is 10. The molecule has 2 fully saturated rings. The first-order valence-electron chi connectivity index (χ1n) is 13.2. The summed E-state index contributed by atoms with van der Waals surface area (Å²) in [5.41, 5.74) is 0.196. The molecule has 4 rings (SSSR count). The minimum atomic E-state index is -3.56. The molecule has 0 atom stereocenters. The summed E-state index contributed by atoms with van der Waals surface area (Å²) in [4.78, 5) is 33.7. The molecule has 2 aromatic rings. The zero-order valence-electron chi connectivity index (χ0n) is 21.2. The molecule has 1 saturated heterocycles. The van der Waals surface area contributed by atoms with Crippen LogP contribution in [0.2, 0.25) is 0 Å². The molecule has 0 radical (unpaired) electrons. The zero-order valence-corrected chi connectivity index (χ0v) is 22.0. The van der Waals surface area contributed by atoms with Crippen molar-refractivity contribution in [3.63, 3.8) is 0 Å². The Bertz CT molecular complexity index is 1160. The number of nitrogens with one attached hydrogen (secondary N) is 2. The van der Waals surface area contributed by atoms with Crippen molar-refractivity contribution >= 4 is 27.1 Å². The number of unbranched alkanes of at least 4 members (excludes halogenated alkanes) is 3. The van der Waals surface area contributed by atoms with Crippen LogP contribution in [0.25, 0.3) is 0 Å². The Morgan fingerprint density at radius 2 is 1.65 bits per heavy atom. The Hall–Kier alpha value is -2.38. The van der Waals surface area contributed by atoms with Gasteiger partial charge in [0, 0.05) is 37.7 Å². The predicted molar refractivity (Wildman–Crippen MR) is 142 cm³/mol. The van der Waals surface area contributed by atoms with Gasteiger partial charge in [-0.1, -0.05) is 36.6 Å². The highest BCUT2D eigenvalue weighted by Crippen LogP contribution is 2.27. The van der Waals surface area contributed by atoms with Gasteiger partial charge in [0.05, 0.1) is 25.0 Å². The van der Waals surface area contributed by atoms with E-state index in [9.17, 15) is 18.0 Å². The Balaban J connectivity index is 1.20. The van der Waals surface area contributed by atoms with Gasteiger partial charge in [0.2, 0.25) is 10.0 Å². The van der Waals surface area contributed by atoms with Crippen LogP contribution in [0.4, 0.5) is 17.1 Å². The number of ether oxygens (including phenoxy) is 1. The van der Waals surface area contributed by atoms with Gasteiger partial charge in [-0.2, -0.15) is 10.0 Å². The maximum Gasteiger partial charge on any atom is 0.253 e. The topological polar surface area (TPSA) is 130 Å². The molecule has 1 saturated carbocycles. The molecule has 204 valence electrons. The fourth-order valence-corrected chi connectivity index (χ4v) is 6.31. The molecule has 0 amide bonds. The Labute approximate surface area is 217 Å². The Morgan fingerprint density at radius 3 is 2.38 bits per heavy atom. The third-order valence-corrected chi connectivity index (χ3v) is 8.52. The second-order valence-corrected chi connectivity index (χ2v) is 11.5. The summed E-state index contributed by atoms with van der Waals surface area (Å²) >= 11 is 0. The zero-order chi connectivity index (χ0) is 26.1. The van der Waals surface area contributed by atoms with Crippen LogP contribution in [0.15, 0.2) is 34.1 Å². The average Bonchev–Trinajstić information content (AvgIpc) is 2.93. The van der Waals surface area contributed by atoms with Crippen molar-refractivity contribution in [3.8, 4) is 0 Å². The number of hydrogen-bond donors (Lipinski definition) is 2. The number of anilines is 3. The predicted octanol–water partition coefficient (Wildman–Crippen LogP) is 2.54. The average molecular weight is 536 g/mol. The number of hydroxylamine groups is 3. The Morgan fingerprint density at radius 1 is 0.973 bits per heavy atom. The van der Waals surface area contributed by atoms with Crippen LogP contribution in [0, 0.1) is 0 Å². The van der Waals surface area contributed by atoms with Crippen LogP contribution in [0.5, 0.6) is 0 Å². The summed E-state index contributed by atoms with van der Waals surface area (Å²) in [6.45, 7) is 2.69. The van der Waals surface area contributed by atoms with Gasteiger partial charge in [0.25, 0.3) is 10.9 Å². The van der Waals surface area contributed by atoms with E-state index in [1.165, 1.54) is 4.47 Å². The van der Waals surface area contributed by atoms with Gasteiger partial charge in [-0.25, -0.2) is 8.42 Å². The van der Waals surface area contributed by atoms with Crippen LogP contribution in [0.3, 0.4) is 0 Å². The number of rotatable bonds is 14. The smallest absolute Gasteiger partial charge is 0.253 e. The van der Waals surface area contributed by atoms with Crippen molar-refractivity contribution in [3.05, 3.63) is 45.0 Å². The van der Waals surface area contributed by atoms with Gasteiger partial charge < -0.3 is 15.4 Å². The van der Waals surface area contributed by atoms with E-state index in [0.717, 1.165) is 51.4 Å². The number of morpholine rings is 1. The van der Waals surface area contributed by atoms with Crippen LogP contribution in [-0.4, -0.2) is 67.6 Å². The van der Waals surface area contributed by atoms with Gasteiger partial charge in [0.1, 0.15) is 11.4 Å². The van der Waals surface area contributed by atoms with Crippen molar-refractivity contribution in [1.82, 2.24) is 14.5 Å². The standard InChI is InChI=1S/C25H37N5O6S/c31-24-22(23(25(24)32)28-20-10-13-26-14-11-20)27-12-6-1-2-7-19-37(33,34)30(21-8-4-3-5-9-21)36-29-15-17-35-18-16-29/h10-11,13-14,21,27H,1-9,12,15-19H2,(H,26,28). The molecule has 12 heteroatoms. The minimum absolute atomic E-state index is 0.0411. The van der Waals surface area contributed by atoms with Crippen molar-refractivity contribution in [2.75, 3.05) is 49.2 Å². The summed E-state index contributed by atoms with van der Waals surface area (Å²) in [6.07, 6.45) is 10.8. The third kappa shape index (κ3) is 7.57. The fraction of sp³-hybridized carbons (Fsp3) is 0.640. The van der Waals surface area contributed by atoms with Crippen molar-refractivity contribution in [1.29, 1.82) is 0 Å². The monoisotopic (exact) mass is 535 g/mol. The number of sulfonamides is 1. The van der Waals surface area contributed by atoms with E-state index in [1.807, 2.05) is 0 Å². The summed E-state index contributed by atoms with van der Waals surface area (Å²) in [6, 6.07) is 3.32. The van der Waals surface area contributed by atoms with Gasteiger partial charge in [0.15, 0.2) is 0 Å². The Kier molecular flexibility index (Phi) is 10.0. The van der Waals surface area contributed by atoms with E-state index in [-0.39, 0.29) is 17.5 Å². The molecule has 2 aliphatic rings. The molecule has 1 aromatic carbocycles. The fourth-order valence-electron chi connectivity index (χ4n) is 4.70. The van der Waals surface area contributed by atoms with Crippen molar-refractivity contribution in [2.24, 2.45) is 0 Å². The largest absolute Gasteiger partial charge is 0.380 e. The van der Waals surface area contributed by atoms with Crippen molar-refractivity contribution < 1.29 is 18.1 Å². The van der Waals surface area contributed by atoms with Gasteiger partial charge in [-0.3, -0.25) is 14.6 Å². The lowest BCUT2D eigenvalue weighted by molar-refractivity contribution is -0.312. The number of aromatic nitrogens is 1. The lowest BCUT2D eigenvalue weighted by Gasteiger charge is -2.36. The summed E-state index contributed by atoms with van der Waals surface area (Å²) in [5.74, 6) is 0.0411. The molecule has 0 bridgehead atoms. The number of nitrogens with zero attached hydrogens (tertiary/aromatic N) is 3. The van der Waals surface area contributed by atoms with Crippen LogP contribution in [0.1, 0.15) is 57.8 Å². The highest BCUT2D eigenvalue weighted by Gasteiger charge is 2.34. The lowest BCUT2D eigenvalue weighted by atomic mass is 9.96. The summed E-state index contributed by atoms with van der Waals surface area (Å²) in [5, 5.41) is 7.71. The molecular weight excluding hydrogens is 498 g/mol. The van der Waals surface area contributed by atoms with E-state index < -0.39 is 20.9 Å². The maximum atomic E-state index is 13.2. The van der Waals surface area contributed by atoms with E-state index in [2.05, 4.69) is 15.6 Å². The number of pyridine rings is 1. The van der Waals surface area contributed by atoms with Gasteiger partial charge >= 0.3 is 0 Å². The first-order chi connectivity index (χ1) is 18.0. The van der Waals surface area contributed by atoms with Crippen LogP contribution < -0.4 is 21.5 Å².